The minimum Gasteiger partial charge on any atom is -0.394 e. The summed E-state index contributed by atoms with van der Waals surface area (Å²) in [7, 11) is 0. The van der Waals surface area contributed by atoms with Crippen molar-refractivity contribution < 1.29 is 24.1 Å². The molecule has 2 aliphatic rings. The summed E-state index contributed by atoms with van der Waals surface area (Å²) >= 11 is 3.52. The molecule has 2 aliphatic heterocycles. The maximum Gasteiger partial charge on any atom is 0.184 e. The molecule has 32 heavy (non-hydrogen) atoms. The molecule has 6 atom stereocenters. The second kappa shape index (κ2) is 9.79. The first-order valence-electron chi connectivity index (χ1n) is 10.6. The van der Waals surface area contributed by atoms with Crippen LogP contribution in [0.15, 0.2) is 83.5 Å². The van der Waals surface area contributed by atoms with Crippen molar-refractivity contribution in [1.29, 1.82) is 0 Å². The van der Waals surface area contributed by atoms with Gasteiger partial charge in [0.2, 0.25) is 0 Å². The summed E-state index contributed by atoms with van der Waals surface area (Å²) in [6.07, 6.45) is -0.733. The molecule has 5 rings (SSSR count). The molecular formula is C25H24BrNO5. The van der Waals surface area contributed by atoms with Crippen molar-refractivity contribution in [3.05, 3.63) is 100 Å². The van der Waals surface area contributed by atoms with E-state index in [0.29, 0.717) is 6.42 Å². The van der Waals surface area contributed by atoms with E-state index in [4.69, 9.17) is 18.9 Å². The number of rotatable bonds is 5. The van der Waals surface area contributed by atoms with Gasteiger partial charge in [-0.25, -0.2) is 0 Å². The van der Waals surface area contributed by atoms with E-state index in [1.54, 1.807) is 6.20 Å². The number of fused-ring (bicyclic) bond motifs is 1. The molecule has 2 fully saturated rings. The highest BCUT2D eigenvalue weighted by Gasteiger charge is 2.50. The number of nitrogens with zero attached hydrogens (tertiary/aromatic N) is 1. The van der Waals surface area contributed by atoms with Crippen LogP contribution in [0.4, 0.5) is 0 Å². The third kappa shape index (κ3) is 4.64. The van der Waals surface area contributed by atoms with Gasteiger partial charge in [0, 0.05) is 33.9 Å². The van der Waals surface area contributed by atoms with E-state index >= 15 is 0 Å². The molecule has 0 spiro atoms. The van der Waals surface area contributed by atoms with Crippen molar-refractivity contribution in [2.24, 2.45) is 0 Å². The largest absolute Gasteiger partial charge is 0.394 e. The Hall–Kier alpha value is -2.13. The molecule has 2 aromatic carbocycles. The quantitative estimate of drug-likeness (QED) is 0.565. The fourth-order valence-corrected chi connectivity index (χ4v) is 4.57. The van der Waals surface area contributed by atoms with Gasteiger partial charge in [-0.15, -0.1) is 0 Å². The maximum atomic E-state index is 10.1. The third-order valence-corrected chi connectivity index (χ3v) is 6.22. The first-order valence-corrected chi connectivity index (χ1v) is 11.4. The summed E-state index contributed by atoms with van der Waals surface area (Å²) in [6.45, 7) is -0.183. The topological polar surface area (TPSA) is 70.0 Å². The Labute approximate surface area is 195 Å². The van der Waals surface area contributed by atoms with Gasteiger partial charge in [0.05, 0.1) is 12.7 Å². The van der Waals surface area contributed by atoms with Gasteiger partial charge in [-0.2, -0.15) is 0 Å². The summed E-state index contributed by atoms with van der Waals surface area (Å²) in [5, 5.41) is 10.1. The zero-order chi connectivity index (χ0) is 21.9. The molecule has 2 unspecified atom stereocenters. The van der Waals surface area contributed by atoms with E-state index < -0.39 is 30.9 Å². The molecule has 0 radical (unpaired) electrons. The number of hydrogen-bond donors (Lipinski definition) is 1. The van der Waals surface area contributed by atoms with Crippen LogP contribution in [-0.2, 0) is 25.4 Å². The monoisotopic (exact) mass is 497 g/mol. The normalized spacial score (nSPS) is 29.9. The van der Waals surface area contributed by atoms with Gasteiger partial charge in [-0.05, 0) is 12.1 Å². The Morgan fingerprint density at radius 2 is 1.31 bits per heavy atom. The second-order valence-electron chi connectivity index (χ2n) is 7.89. The summed E-state index contributed by atoms with van der Waals surface area (Å²) in [5.74, 6) is 0. The molecule has 2 saturated heterocycles. The number of benzene rings is 2. The van der Waals surface area contributed by atoms with Crippen LogP contribution in [0, 0.1) is 0 Å². The highest BCUT2D eigenvalue weighted by Crippen LogP contribution is 2.41. The fourth-order valence-electron chi connectivity index (χ4n) is 4.19. The summed E-state index contributed by atoms with van der Waals surface area (Å²) < 4.78 is 26.2. The van der Waals surface area contributed by atoms with E-state index in [1.807, 2.05) is 72.8 Å². The van der Waals surface area contributed by atoms with Gasteiger partial charge in [-0.3, -0.25) is 4.98 Å². The van der Waals surface area contributed by atoms with Crippen LogP contribution in [0.1, 0.15) is 29.4 Å². The molecule has 1 aromatic heterocycles. The number of aliphatic hydroxyl groups excluding tert-OH is 1. The minimum absolute atomic E-state index is 0.183. The molecule has 0 saturated carbocycles. The van der Waals surface area contributed by atoms with Gasteiger partial charge in [0.25, 0.3) is 0 Å². The molecule has 7 heteroatoms. The van der Waals surface area contributed by atoms with Gasteiger partial charge < -0.3 is 24.1 Å². The number of aromatic nitrogens is 1. The van der Waals surface area contributed by atoms with Crippen molar-refractivity contribution in [3.63, 3.8) is 0 Å². The Morgan fingerprint density at radius 3 is 1.88 bits per heavy atom. The minimum atomic E-state index is -0.618. The molecule has 166 valence electrons. The Kier molecular flexibility index (Phi) is 6.64. The second-order valence-corrected chi connectivity index (χ2v) is 8.80. The number of aliphatic hydroxyl groups is 1. The van der Waals surface area contributed by atoms with Crippen molar-refractivity contribution >= 4 is 15.9 Å². The Balaban J connectivity index is 1.47. The van der Waals surface area contributed by atoms with E-state index in [2.05, 4.69) is 20.9 Å². The van der Waals surface area contributed by atoms with E-state index in [1.165, 1.54) is 0 Å². The predicted molar refractivity (Wildman–Crippen MR) is 121 cm³/mol. The number of pyridine rings is 1. The number of hydrogen-bond acceptors (Lipinski definition) is 6. The third-order valence-electron chi connectivity index (χ3n) is 5.73. The van der Waals surface area contributed by atoms with Crippen LogP contribution < -0.4 is 0 Å². The number of halogens is 1. The zero-order valence-electron chi connectivity index (χ0n) is 17.3. The first kappa shape index (κ1) is 21.7. The molecule has 3 aromatic rings. The van der Waals surface area contributed by atoms with Gasteiger partial charge >= 0.3 is 0 Å². The maximum absolute atomic E-state index is 10.1. The number of ether oxygens (including phenoxy) is 4. The van der Waals surface area contributed by atoms with Crippen molar-refractivity contribution in [3.8, 4) is 0 Å². The lowest BCUT2D eigenvalue weighted by Gasteiger charge is -2.49. The van der Waals surface area contributed by atoms with Gasteiger partial charge in [0.15, 0.2) is 12.6 Å². The average Bonchev–Trinajstić information content (AvgIpc) is 2.84. The molecule has 0 aliphatic carbocycles. The molecule has 1 N–H and O–H groups in total. The lowest BCUT2D eigenvalue weighted by molar-refractivity contribution is -0.384. The van der Waals surface area contributed by atoms with Crippen LogP contribution >= 0.6 is 15.9 Å². The van der Waals surface area contributed by atoms with Gasteiger partial charge in [-0.1, -0.05) is 76.6 Å². The summed E-state index contributed by atoms with van der Waals surface area (Å²) in [4.78, 5) is 4.50. The Morgan fingerprint density at radius 1 is 0.750 bits per heavy atom. The molecular weight excluding hydrogens is 474 g/mol. The molecule has 6 nitrogen and oxygen atoms in total. The van der Waals surface area contributed by atoms with Crippen molar-refractivity contribution in [2.75, 3.05) is 6.61 Å². The summed E-state index contributed by atoms with van der Waals surface area (Å²) in [6, 6.07) is 23.3. The van der Waals surface area contributed by atoms with Crippen molar-refractivity contribution in [1.82, 2.24) is 4.98 Å². The molecule has 0 bridgehead atoms. The van der Waals surface area contributed by atoms with Crippen LogP contribution in [-0.4, -0.2) is 41.1 Å². The standard InChI is InChI=1S/C25H24BrNO5/c26-18-11-12-27-19(13-18)14-20-22-23(32-24(29-20)16-7-3-1-4-8-16)21(15-28)30-25(31-22)17-9-5-2-6-10-17/h1-13,20-25,28H,14-15H2/t20-,21-,22+,23-,24?,25?/m1/s1. The van der Waals surface area contributed by atoms with E-state index in [-0.39, 0.29) is 12.7 Å². The Bertz CT molecular complexity index is 1020. The van der Waals surface area contributed by atoms with Crippen LogP contribution in [0.5, 0.6) is 0 Å². The first-order chi connectivity index (χ1) is 15.7. The van der Waals surface area contributed by atoms with Gasteiger partial charge in [0.1, 0.15) is 18.3 Å². The highest BCUT2D eigenvalue weighted by molar-refractivity contribution is 9.10. The lowest BCUT2D eigenvalue weighted by Crippen LogP contribution is -2.59. The predicted octanol–water partition coefficient (Wildman–Crippen LogP) is 4.34. The lowest BCUT2D eigenvalue weighted by atomic mass is 9.95. The molecule has 0 amide bonds. The van der Waals surface area contributed by atoms with Crippen molar-refractivity contribution in [2.45, 2.75) is 43.4 Å². The van der Waals surface area contributed by atoms with Crippen LogP contribution in [0.25, 0.3) is 0 Å². The van der Waals surface area contributed by atoms with Crippen LogP contribution in [0.2, 0.25) is 0 Å². The summed E-state index contributed by atoms with van der Waals surface area (Å²) in [5.41, 5.74) is 2.66. The average molecular weight is 498 g/mol. The smallest absolute Gasteiger partial charge is 0.184 e. The van der Waals surface area contributed by atoms with E-state index in [9.17, 15) is 5.11 Å². The zero-order valence-corrected chi connectivity index (χ0v) is 18.9. The fraction of sp³-hybridized carbons (Fsp3) is 0.320. The van der Waals surface area contributed by atoms with E-state index in [0.717, 1.165) is 21.3 Å². The molecule has 3 heterocycles. The highest BCUT2D eigenvalue weighted by atomic mass is 79.9. The van der Waals surface area contributed by atoms with Crippen LogP contribution in [0.3, 0.4) is 0 Å². The SMILES string of the molecule is OC[C@H]1OC(c2ccccc2)O[C@@H]2[C@@H]1OC(c1ccccc1)O[C@@H]2Cc1cc(Br)ccn1.